The third-order valence-electron chi connectivity index (χ3n) is 10.6. The summed E-state index contributed by atoms with van der Waals surface area (Å²) in [5.41, 5.74) is 5.77. The Hall–Kier alpha value is 0.339. The van der Waals surface area contributed by atoms with Crippen LogP contribution in [0.3, 0.4) is 0 Å². The van der Waals surface area contributed by atoms with Crippen LogP contribution in [0.4, 0.5) is 0 Å². The summed E-state index contributed by atoms with van der Waals surface area (Å²) in [6, 6.07) is 22.9. The van der Waals surface area contributed by atoms with Gasteiger partial charge in [0, 0.05) is 32.7 Å². The average molecular weight is 1030 g/mol. The molecule has 0 spiro atoms. The molecule has 0 amide bonds. The van der Waals surface area contributed by atoms with E-state index >= 15 is 0 Å². The molecule has 6 atom stereocenters. The zero-order valence-electron chi connectivity index (χ0n) is 42.9. The molecule has 2 aromatic rings. The first kappa shape index (κ1) is 67.6. The van der Waals surface area contributed by atoms with Crippen molar-refractivity contribution in [1.82, 2.24) is 0 Å². The van der Waals surface area contributed by atoms with Gasteiger partial charge in [0.15, 0.2) is 33.3 Å². The third-order valence-corrected chi connectivity index (χ3v) is 34.5. The molecule has 0 aromatic heterocycles. The molecule has 0 aliphatic carbocycles. The first-order chi connectivity index (χ1) is 28.8. The van der Waals surface area contributed by atoms with Crippen LogP contribution in [-0.2, 0) is 16.5 Å². The zero-order valence-corrected chi connectivity index (χ0v) is 51.8. The Morgan fingerprint density at radius 1 is 0.651 bits per heavy atom. The van der Waals surface area contributed by atoms with Crippen molar-refractivity contribution >= 4 is 99.3 Å². The standard InChI is InChI=1S/C23H46O3SSi3.C20H38O2Si3.C3H8OS.Al.B.HN/c1-9-21(2)20-23(22-14-11-10-12-15-22)29(6,7)26-30(8,25-28(3,4)5)19-18-27-17-13-16-24;1-10-18(3)17-20(19-15-13-12-14-16-19)24(7,8)22-25(9,11-2)21-23(4,5)6;4-2-1-3-5;;;/h10-12,14-15,21,23-24H,9,13,16-20H2,1-8H3;11-16,18,20H,2,10,17H2,1,3-9H3;4-5H,1-3H2;;;1H. The number of benzene rings is 2. The third kappa shape index (κ3) is 31.2. The predicted molar refractivity (Wildman–Crippen MR) is 300 cm³/mol. The maximum atomic E-state index is 9.05. The molecule has 6 unspecified atom stereocenters. The van der Waals surface area contributed by atoms with Crippen molar-refractivity contribution in [2.45, 2.75) is 162 Å². The maximum absolute atomic E-state index is 9.05. The second kappa shape index (κ2) is 34.6. The van der Waals surface area contributed by atoms with Crippen LogP contribution >= 0.6 is 24.4 Å². The number of hydrogen-bond donors (Lipinski definition) is 4. The summed E-state index contributed by atoms with van der Waals surface area (Å²) < 4.78 is 33.1. The molecule has 3 N–H and O–H groups in total. The zero-order chi connectivity index (χ0) is 48.3. The van der Waals surface area contributed by atoms with Gasteiger partial charge in [-0.2, -0.15) is 24.4 Å². The molecular weight excluding hydrogens is 933 g/mol. The van der Waals surface area contributed by atoms with Crippen molar-refractivity contribution in [2.75, 3.05) is 30.5 Å². The van der Waals surface area contributed by atoms with Crippen LogP contribution in [0.15, 0.2) is 72.9 Å². The van der Waals surface area contributed by atoms with Gasteiger partial charge in [-0.05, 0) is 151 Å². The topological polar surface area (TPSA) is 101 Å². The molecule has 4 radical (unpaired) electrons. The van der Waals surface area contributed by atoms with Gasteiger partial charge >= 0.3 is 37.6 Å². The van der Waals surface area contributed by atoms with E-state index in [0.717, 1.165) is 36.1 Å². The van der Waals surface area contributed by atoms with Gasteiger partial charge in [0.25, 0.3) is 0 Å². The van der Waals surface area contributed by atoms with E-state index in [9.17, 15) is 0 Å². The summed E-state index contributed by atoms with van der Waals surface area (Å²) in [7, 11) is -12.1. The summed E-state index contributed by atoms with van der Waals surface area (Å²) in [6.07, 6.45) is 6.44. The number of thiol groups is 1. The molecule has 0 heterocycles. The van der Waals surface area contributed by atoms with Crippen LogP contribution in [-0.4, -0.2) is 116 Å². The monoisotopic (exact) mass is 1030 g/mol. The Morgan fingerprint density at radius 3 is 1.37 bits per heavy atom. The Bertz CT molecular complexity index is 1440. The summed E-state index contributed by atoms with van der Waals surface area (Å²) in [5, 5.41) is 17.1. The van der Waals surface area contributed by atoms with Crippen LogP contribution < -0.4 is 0 Å². The predicted octanol–water partition coefficient (Wildman–Crippen LogP) is 13.5. The molecule has 0 saturated heterocycles. The molecule has 7 nitrogen and oxygen atoms in total. The summed E-state index contributed by atoms with van der Waals surface area (Å²) in [6.45, 7) is 41.4. The molecule has 0 aliphatic rings. The quantitative estimate of drug-likeness (QED) is 0.0402. The van der Waals surface area contributed by atoms with E-state index in [-0.39, 0.29) is 21.6 Å². The second-order valence-corrected chi connectivity index (χ2v) is 46.3. The molecule has 63 heavy (non-hydrogen) atoms. The van der Waals surface area contributed by atoms with E-state index in [1.807, 2.05) is 17.5 Å². The fourth-order valence-electron chi connectivity index (χ4n) is 7.45. The fraction of sp³-hybridized carbons (Fsp3) is 0.696. The Labute approximate surface area is 415 Å². The number of aliphatic hydroxyl groups is 2. The number of nitrogens with one attached hydrogen (secondary N) is 1. The van der Waals surface area contributed by atoms with E-state index in [1.54, 1.807) is 16.1 Å². The molecule has 0 saturated carbocycles. The van der Waals surface area contributed by atoms with Gasteiger partial charge in [0.05, 0.1) is 0 Å². The van der Waals surface area contributed by atoms with Crippen LogP contribution in [0, 0.1) is 16.2 Å². The van der Waals surface area contributed by atoms with Crippen LogP contribution in [0.25, 0.3) is 0 Å². The molecular formula is C46H93AlBNO6S2Si6. The van der Waals surface area contributed by atoms with Gasteiger partial charge in [-0.1, -0.05) is 107 Å². The van der Waals surface area contributed by atoms with Gasteiger partial charge in [0.2, 0.25) is 0 Å². The van der Waals surface area contributed by atoms with Gasteiger partial charge in [-0.15, -0.1) is 6.58 Å². The van der Waals surface area contributed by atoms with E-state index in [2.05, 4.69) is 186 Å². The number of aliphatic hydroxyl groups excluding tert-OH is 2. The first-order valence-corrected chi connectivity index (χ1v) is 43.1. The molecule has 0 fully saturated rings. The molecule has 2 aromatic carbocycles. The van der Waals surface area contributed by atoms with Crippen LogP contribution in [0.2, 0.25) is 84.6 Å². The van der Waals surface area contributed by atoms with Crippen LogP contribution in [0.5, 0.6) is 0 Å². The number of thioether (sulfide) groups is 1. The Balaban J connectivity index is -0.000000991. The van der Waals surface area contributed by atoms with Crippen molar-refractivity contribution in [3.8, 4) is 0 Å². The Morgan fingerprint density at radius 2 is 1.05 bits per heavy atom. The molecule has 17 heteroatoms. The summed E-state index contributed by atoms with van der Waals surface area (Å²) in [5.74, 6) is 4.23. The average Bonchev–Trinajstić information content (AvgIpc) is 3.18. The Kier molecular flexibility index (Phi) is 37.1. The van der Waals surface area contributed by atoms with Gasteiger partial charge in [-0.3, -0.25) is 0 Å². The van der Waals surface area contributed by atoms with E-state index in [1.165, 1.54) is 36.8 Å². The van der Waals surface area contributed by atoms with Crippen LogP contribution in [0.1, 0.15) is 88.4 Å². The summed E-state index contributed by atoms with van der Waals surface area (Å²) in [4.78, 5) is 0. The molecule has 0 bridgehead atoms. The van der Waals surface area contributed by atoms with E-state index in [0.29, 0.717) is 22.9 Å². The first-order valence-electron chi connectivity index (χ1n) is 23.0. The van der Waals surface area contributed by atoms with Crippen molar-refractivity contribution < 1.29 is 26.7 Å². The van der Waals surface area contributed by atoms with Crippen molar-refractivity contribution in [1.29, 1.82) is 4.35 Å². The number of rotatable bonds is 27. The van der Waals surface area contributed by atoms with Crippen molar-refractivity contribution in [3.63, 3.8) is 0 Å². The molecule has 0 aliphatic heterocycles. The molecule has 360 valence electrons. The van der Waals surface area contributed by atoms with Crippen molar-refractivity contribution in [2.24, 2.45) is 11.8 Å². The normalized spacial score (nSPS) is 15.7. The van der Waals surface area contributed by atoms with Gasteiger partial charge in [0.1, 0.15) is 0 Å². The fourth-order valence-corrected chi connectivity index (χ4v) is 36.5. The van der Waals surface area contributed by atoms with E-state index < -0.39 is 50.4 Å². The minimum atomic E-state index is -2.36. The summed E-state index contributed by atoms with van der Waals surface area (Å²) >= 11 is 7.43. The molecule has 2 rings (SSSR count). The van der Waals surface area contributed by atoms with E-state index in [4.69, 9.17) is 31.0 Å². The van der Waals surface area contributed by atoms with Crippen molar-refractivity contribution in [3.05, 3.63) is 84.1 Å². The second-order valence-electron chi connectivity index (χ2n) is 19.9. The number of hydrogen-bond acceptors (Lipinski definition) is 9. The minimum absolute atomic E-state index is 0. The van der Waals surface area contributed by atoms with Gasteiger partial charge < -0.3 is 26.7 Å². The van der Waals surface area contributed by atoms with Gasteiger partial charge in [-0.25, -0.2) is 0 Å². The SMILES string of the molecule is C=C[Si](C)(O[Si](C)(C)C)O[Si](C)(C)C(CC(C)CC)c1ccccc1.CCC(C)CC(c1ccccc1)[Si](C)(C)O[Si](C)(CCSCCCO)O[Si](C)(C)C.OCCCS.[B].[NH]=[Al].